The Labute approximate surface area is 171 Å². The summed E-state index contributed by atoms with van der Waals surface area (Å²) < 4.78 is 0. The smallest absolute Gasteiger partial charge is 0.222 e. The lowest BCUT2D eigenvalue weighted by Crippen LogP contribution is -2.23. The Kier molecular flexibility index (Phi) is 5.25. The second kappa shape index (κ2) is 7.67. The van der Waals surface area contributed by atoms with Gasteiger partial charge >= 0.3 is 0 Å². The molecule has 0 bridgehead atoms. The number of nitrogens with two attached hydrogens (primary N) is 1. The molecule has 28 heavy (non-hydrogen) atoms. The fourth-order valence-electron chi connectivity index (χ4n) is 3.67. The number of pyridine rings is 1. The molecule has 0 spiro atoms. The van der Waals surface area contributed by atoms with Crippen LogP contribution < -0.4 is 10.6 Å². The highest BCUT2D eigenvalue weighted by Gasteiger charge is 2.34. The molecule has 3 heterocycles. The summed E-state index contributed by atoms with van der Waals surface area (Å²) in [6, 6.07) is 7.22. The van der Waals surface area contributed by atoms with Crippen LogP contribution in [0.15, 0.2) is 30.5 Å². The van der Waals surface area contributed by atoms with Crippen LogP contribution in [0.1, 0.15) is 0 Å². The van der Waals surface area contributed by atoms with Gasteiger partial charge in [-0.15, -0.1) is 0 Å². The first-order valence-corrected chi connectivity index (χ1v) is 9.61. The fraction of sp³-hybridized carbons (Fsp3) is 0.316. The van der Waals surface area contributed by atoms with E-state index in [1.54, 1.807) is 24.4 Å². The van der Waals surface area contributed by atoms with E-state index in [2.05, 4.69) is 9.97 Å². The minimum Gasteiger partial charge on any atom is -0.396 e. The van der Waals surface area contributed by atoms with Crippen molar-refractivity contribution in [3.05, 3.63) is 40.5 Å². The number of halogens is 2. The van der Waals surface area contributed by atoms with Crippen LogP contribution in [-0.2, 0) is 0 Å². The molecular weight excluding hydrogens is 401 g/mol. The second-order valence-electron chi connectivity index (χ2n) is 6.89. The average molecular weight is 420 g/mol. The molecule has 0 aliphatic carbocycles. The molecule has 4 N–H and O–H groups in total. The van der Waals surface area contributed by atoms with Gasteiger partial charge in [0, 0.05) is 60.8 Å². The number of fused-ring (bicyclic) bond motifs is 1. The van der Waals surface area contributed by atoms with Gasteiger partial charge in [0.25, 0.3) is 0 Å². The maximum Gasteiger partial charge on any atom is 0.222 e. The SMILES string of the molecule is Nc1ncc2cc(-c3c(Cl)cccc3Cl)c(N3CC(CO)C(CO)C3)nc2n1. The van der Waals surface area contributed by atoms with E-state index in [1.807, 2.05) is 11.0 Å². The number of anilines is 2. The number of nitrogen functional groups attached to an aromatic ring is 1. The Hall–Kier alpha value is -2.19. The van der Waals surface area contributed by atoms with Crippen LogP contribution in [0.4, 0.5) is 11.8 Å². The third kappa shape index (κ3) is 3.35. The first kappa shape index (κ1) is 19.1. The van der Waals surface area contributed by atoms with Crippen LogP contribution in [0.2, 0.25) is 10.0 Å². The molecule has 0 amide bonds. The highest BCUT2D eigenvalue weighted by molar-refractivity contribution is 6.39. The van der Waals surface area contributed by atoms with Gasteiger partial charge in [0.15, 0.2) is 5.65 Å². The van der Waals surface area contributed by atoms with Gasteiger partial charge in [-0.3, -0.25) is 0 Å². The maximum absolute atomic E-state index is 9.68. The number of aromatic nitrogens is 3. The molecule has 1 aromatic carbocycles. The molecule has 3 aromatic rings. The molecule has 1 aliphatic heterocycles. The quantitative estimate of drug-likeness (QED) is 0.596. The summed E-state index contributed by atoms with van der Waals surface area (Å²) in [5.74, 6) is 0.674. The minimum atomic E-state index is -0.0486. The molecular formula is C19H19Cl2N5O2. The zero-order chi connectivity index (χ0) is 19.8. The van der Waals surface area contributed by atoms with Gasteiger partial charge in [0.2, 0.25) is 5.95 Å². The van der Waals surface area contributed by atoms with Crippen molar-refractivity contribution in [1.82, 2.24) is 15.0 Å². The van der Waals surface area contributed by atoms with E-state index >= 15 is 0 Å². The van der Waals surface area contributed by atoms with Crippen molar-refractivity contribution in [2.75, 3.05) is 36.9 Å². The third-order valence-electron chi connectivity index (χ3n) is 5.14. The molecule has 9 heteroatoms. The second-order valence-corrected chi connectivity index (χ2v) is 7.70. The summed E-state index contributed by atoms with van der Waals surface area (Å²) in [4.78, 5) is 15.0. The molecule has 146 valence electrons. The van der Waals surface area contributed by atoms with Crippen molar-refractivity contribution in [3.63, 3.8) is 0 Å². The number of hydrogen-bond donors (Lipinski definition) is 3. The van der Waals surface area contributed by atoms with Gasteiger partial charge in [-0.2, -0.15) is 4.98 Å². The maximum atomic E-state index is 9.68. The van der Waals surface area contributed by atoms with Crippen LogP contribution in [0.25, 0.3) is 22.2 Å². The van der Waals surface area contributed by atoms with Gasteiger partial charge in [-0.25, -0.2) is 9.97 Å². The molecule has 1 saturated heterocycles. The zero-order valence-electron chi connectivity index (χ0n) is 14.9. The Bertz CT molecular complexity index is 1000. The molecule has 0 radical (unpaired) electrons. The highest BCUT2D eigenvalue weighted by Crippen LogP contribution is 2.42. The van der Waals surface area contributed by atoms with E-state index < -0.39 is 0 Å². The van der Waals surface area contributed by atoms with Gasteiger partial charge < -0.3 is 20.8 Å². The summed E-state index contributed by atoms with van der Waals surface area (Å²) in [7, 11) is 0. The predicted molar refractivity (Wildman–Crippen MR) is 111 cm³/mol. The van der Waals surface area contributed by atoms with Crippen molar-refractivity contribution in [2.45, 2.75) is 0 Å². The summed E-state index contributed by atoms with van der Waals surface area (Å²) >= 11 is 12.9. The predicted octanol–water partition coefficient (Wildman–Crippen LogP) is 2.62. The van der Waals surface area contributed by atoms with Gasteiger partial charge in [0.05, 0.1) is 10.0 Å². The number of aliphatic hydroxyl groups excluding tert-OH is 2. The van der Waals surface area contributed by atoms with Gasteiger partial charge in [-0.05, 0) is 18.2 Å². The monoisotopic (exact) mass is 419 g/mol. The van der Waals surface area contributed by atoms with E-state index in [0.29, 0.717) is 45.5 Å². The lowest BCUT2D eigenvalue weighted by atomic mass is 9.98. The largest absolute Gasteiger partial charge is 0.396 e. The van der Waals surface area contributed by atoms with Crippen LogP contribution in [0, 0.1) is 11.8 Å². The zero-order valence-corrected chi connectivity index (χ0v) is 16.4. The standard InChI is InChI=1S/C19H19Cl2N5O2/c20-14-2-1-3-15(21)16(14)13-4-10-5-23-19(22)25-17(10)24-18(13)26-6-11(8-27)12(7-26)9-28/h1-5,11-12,27-28H,6-9H2,(H2,22,23,24,25). The Morgan fingerprint density at radius 3 is 2.32 bits per heavy atom. The molecule has 1 aliphatic rings. The Morgan fingerprint density at radius 1 is 1.07 bits per heavy atom. The number of hydrogen-bond acceptors (Lipinski definition) is 7. The van der Waals surface area contributed by atoms with Crippen molar-refractivity contribution >= 4 is 46.0 Å². The summed E-state index contributed by atoms with van der Waals surface area (Å²) in [6.45, 7) is 1.09. The lowest BCUT2D eigenvalue weighted by Gasteiger charge is -2.22. The molecule has 4 rings (SSSR count). The number of nitrogens with zero attached hydrogens (tertiary/aromatic N) is 4. The van der Waals surface area contributed by atoms with E-state index in [9.17, 15) is 10.2 Å². The lowest BCUT2D eigenvalue weighted by molar-refractivity contribution is 0.152. The van der Waals surface area contributed by atoms with Gasteiger partial charge in [0.1, 0.15) is 5.82 Å². The fourth-order valence-corrected chi connectivity index (χ4v) is 4.27. The van der Waals surface area contributed by atoms with Crippen molar-refractivity contribution in [1.29, 1.82) is 0 Å². The number of benzene rings is 1. The van der Waals surface area contributed by atoms with E-state index in [4.69, 9.17) is 33.9 Å². The summed E-state index contributed by atoms with van der Waals surface area (Å²) in [6.07, 6.45) is 1.61. The first-order valence-electron chi connectivity index (χ1n) is 8.86. The number of rotatable bonds is 4. The minimum absolute atomic E-state index is 0.00733. The van der Waals surface area contributed by atoms with Gasteiger partial charge in [-0.1, -0.05) is 29.3 Å². The van der Waals surface area contributed by atoms with Crippen molar-refractivity contribution in [3.8, 4) is 11.1 Å². The normalized spacial score (nSPS) is 19.5. The van der Waals surface area contributed by atoms with Crippen LogP contribution in [-0.4, -0.2) is 51.5 Å². The topological polar surface area (TPSA) is 108 Å². The third-order valence-corrected chi connectivity index (χ3v) is 5.77. The van der Waals surface area contributed by atoms with Crippen LogP contribution in [0.3, 0.4) is 0 Å². The van der Waals surface area contributed by atoms with Crippen LogP contribution >= 0.6 is 23.2 Å². The van der Waals surface area contributed by atoms with E-state index in [-0.39, 0.29) is 31.0 Å². The molecule has 1 fully saturated rings. The molecule has 2 unspecified atom stereocenters. The first-order chi connectivity index (χ1) is 13.5. The average Bonchev–Trinajstić information content (AvgIpc) is 3.10. The molecule has 2 atom stereocenters. The summed E-state index contributed by atoms with van der Waals surface area (Å²) in [5.41, 5.74) is 7.60. The Balaban J connectivity index is 1.93. The van der Waals surface area contributed by atoms with Crippen LogP contribution in [0.5, 0.6) is 0 Å². The summed E-state index contributed by atoms with van der Waals surface area (Å²) in [5, 5.41) is 21.1. The molecule has 2 aromatic heterocycles. The van der Waals surface area contributed by atoms with E-state index in [1.165, 1.54) is 0 Å². The van der Waals surface area contributed by atoms with E-state index in [0.717, 1.165) is 5.56 Å². The molecule has 7 nitrogen and oxygen atoms in total. The highest BCUT2D eigenvalue weighted by atomic mass is 35.5. The molecule has 0 saturated carbocycles. The number of aliphatic hydroxyl groups is 2. The van der Waals surface area contributed by atoms with Crippen molar-refractivity contribution < 1.29 is 10.2 Å². The Morgan fingerprint density at radius 2 is 1.71 bits per heavy atom. The van der Waals surface area contributed by atoms with Crippen molar-refractivity contribution in [2.24, 2.45) is 11.8 Å².